The van der Waals surface area contributed by atoms with E-state index in [2.05, 4.69) is 15.3 Å². The highest BCUT2D eigenvalue weighted by Gasteiger charge is 2.26. The van der Waals surface area contributed by atoms with Crippen molar-refractivity contribution in [1.29, 1.82) is 0 Å². The van der Waals surface area contributed by atoms with Crippen molar-refractivity contribution < 1.29 is 9.18 Å². The van der Waals surface area contributed by atoms with Crippen molar-refractivity contribution >= 4 is 11.7 Å². The van der Waals surface area contributed by atoms with Gasteiger partial charge in [-0.1, -0.05) is 13.8 Å². The summed E-state index contributed by atoms with van der Waals surface area (Å²) in [6.07, 6.45) is 3.23. The van der Waals surface area contributed by atoms with Crippen molar-refractivity contribution in [2.24, 2.45) is 0 Å². The quantitative estimate of drug-likeness (QED) is 0.899. The van der Waals surface area contributed by atoms with Gasteiger partial charge in [-0.05, 0) is 12.8 Å². The minimum atomic E-state index is -0.384. The Hall–Kier alpha value is -1.72. The Morgan fingerprint density at radius 2 is 2.32 bits per heavy atom. The van der Waals surface area contributed by atoms with Crippen molar-refractivity contribution in [1.82, 2.24) is 14.9 Å². The van der Waals surface area contributed by atoms with E-state index in [1.807, 2.05) is 13.8 Å². The predicted molar refractivity (Wildman–Crippen MR) is 70.3 cm³/mol. The number of hydrogen-bond donors (Lipinski definition) is 1. The van der Waals surface area contributed by atoms with Crippen LogP contribution < -0.4 is 5.32 Å². The second kappa shape index (κ2) is 5.95. The fourth-order valence-corrected chi connectivity index (χ4v) is 2.27. The van der Waals surface area contributed by atoms with Crippen LogP contribution in [0.15, 0.2) is 6.33 Å². The van der Waals surface area contributed by atoms with Gasteiger partial charge in [-0.15, -0.1) is 0 Å². The number of nitrogens with zero attached hydrogens (tertiary/aromatic N) is 3. The van der Waals surface area contributed by atoms with Gasteiger partial charge in [0.25, 0.3) is 0 Å². The minimum absolute atomic E-state index is 0.0598. The lowest BCUT2D eigenvalue weighted by atomic mass is 10.2. The maximum Gasteiger partial charge on any atom is 0.222 e. The number of aromatic nitrogens is 2. The molecule has 1 fully saturated rings. The Morgan fingerprint density at radius 1 is 1.53 bits per heavy atom. The molecule has 5 nitrogen and oxygen atoms in total. The Labute approximate surface area is 112 Å². The minimum Gasteiger partial charge on any atom is -0.363 e. The van der Waals surface area contributed by atoms with Gasteiger partial charge in [0.2, 0.25) is 5.91 Å². The fraction of sp³-hybridized carbons (Fsp3) is 0.615. The Balaban J connectivity index is 2.01. The van der Waals surface area contributed by atoms with E-state index in [0.29, 0.717) is 25.1 Å². The first-order chi connectivity index (χ1) is 9.15. The van der Waals surface area contributed by atoms with Gasteiger partial charge in [-0.25, -0.2) is 14.4 Å². The maximum absolute atomic E-state index is 14.0. The zero-order chi connectivity index (χ0) is 13.8. The van der Waals surface area contributed by atoms with Crippen LogP contribution in [-0.2, 0) is 11.2 Å². The van der Waals surface area contributed by atoms with Crippen LogP contribution in [0, 0.1) is 5.82 Å². The summed E-state index contributed by atoms with van der Waals surface area (Å²) in [5, 5.41) is 3.07. The van der Waals surface area contributed by atoms with E-state index in [9.17, 15) is 9.18 Å². The smallest absolute Gasteiger partial charge is 0.222 e. The normalized spacial score (nSPS) is 18.7. The van der Waals surface area contributed by atoms with Crippen LogP contribution in [0.5, 0.6) is 0 Å². The molecule has 1 aromatic heterocycles. The molecule has 0 saturated carbocycles. The van der Waals surface area contributed by atoms with E-state index < -0.39 is 0 Å². The molecule has 1 aromatic rings. The van der Waals surface area contributed by atoms with Crippen molar-refractivity contribution in [2.75, 3.05) is 18.4 Å². The van der Waals surface area contributed by atoms with E-state index in [1.165, 1.54) is 6.33 Å². The van der Waals surface area contributed by atoms with Crippen LogP contribution in [-0.4, -0.2) is 39.9 Å². The molecule has 1 saturated heterocycles. The van der Waals surface area contributed by atoms with Crippen LogP contribution in [0.2, 0.25) is 0 Å². The van der Waals surface area contributed by atoms with E-state index in [1.54, 1.807) is 4.90 Å². The van der Waals surface area contributed by atoms with Gasteiger partial charge in [-0.2, -0.15) is 0 Å². The van der Waals surface area contributed by atoms with Crippen LogP contribution in [0.3, 0.4) is 0 Å². The second-order valence-electron chi connectivity index (χ2n) is 4.66. The molecular formula is C13H19FN4O. The first-order valence-corrected chi connectivity index (χ1v) is 6.69. The fourth-order valence-electron chi connectivity index (χ4n) is 2.27. The summed E-state index contributed by atoms with van der Waals surface area (Å²) in [5.74, 6) is -0.00498. The predicted octanol–water partition coefficient (Wildman–Crippen LogP) is 1.60. The van der Waals surface area contributed by atoms with Gasteiger partial charge >= 0.3 is 0 Å². The summed E-state index contributed by atoms with van der Waals surface area (Å²) in [7, 11) is 0. The largest absolute Gasteiger partial charge is 0.363 e. The van der Waals surface area contributed by atoms with Gasteiger partial charge in [0, 0.05) is 25.6 Å². The number of amides is 1. The first kappa shape index (κ1) is 13.7. The molecule has 0 bridgehead atoms. The molecule has 0 spiro atoms. The van der Waals surface area contributed by atoms with E-state index in [-0.39, 0.29) is 23.6 Å². The van der Waals surface area contributed by atoms with E-state index in [0.717, 1.165) is 13.0 Å². The zero-order valence-corrected chi connectivity index (χ0v) is 11.3. The number of hydrogen-bond acceptors (Lipinski definition) is 4. The third-order valence-electron chi connectivity index (χ3n) is 3.38. The number of carbonyl (C=O) groups excluding carboxylic acids is 1. The van der Waals surface area contributed by atoms with Gasteiger partial charge in [0.15, 0.2) is 11.6 Å². The first-order valence-electron chi connectivity index (χ1n) is 6.69. The van der Waals surface area contributed by atoms with Gasteiger partial charge in [-0.3, -0.25) is 4.79 Å². The monoisotopic (exact) mass is 266 g/mol. The van der Waals surface area contributed by atoms with Gasteiger partial charge in [0.1, 0.15) is 6.33 Å². The maximum atomic E-state index is 14.0. The second-order valence-corrected chi connectivity index (χ2v) is 4.66. The molecule has 0 radical (unpaired) electrons. The average Bonchev–Trinajstić information content (AvgIpc) is 2.89. The number of carbonyl (C=O) groups is 1. The molecule has 6 heteroatoms. The molecule has 1 aliphatic heterocycles. The van der Waals surface area contributed by atoms with Crippen LogP contribution in [0.1, 0.15) is 32.4 Å². The summed E-state index contributed by atoms with van der Waals surface area (Å²) in [5.41, 5.74) is 0.414. The van der Waals surface area contributed by atoms with Gasteiger partial charge in [0.05, 0.1) is 5.69 Å². The molecular weight excluding hydrogens is 247 g/mol. The zero-order valence-electron chi connectivity index (χ0n) is 11.3. The number of halogens is 1. The molecule has 2 rings (SSSR count). The van der Waals surface area contributed by atoms with Crippen molar-refractivity contribution in [3.63, 3.8) is 0 Å². The van der Waals surface area contributed by atoms with Crippen molar-refractivity contribution in [3.05, 3.63) is 17.8 Å². The van der Waals surface area contributed by atoms with Crippen LogP contribution in [0.4, 0.5) is 10.2 Å². The summed E-state index contributed by atoms with van der Waals surface area (Å²) < 4.78 is 14.0. The highest BCUT2D eigenvalue weighted by atomic mass is 19.1. The molecule has 1 atom stereocenters. The Bertz CT molecular complexity index is 466. The molecule has 1 unspecified atom stereocenters. The van der Waals surface area contributed by atoms with Crippen molar-refractivity contribution in [2.45, 2.75) is 39.2 Å². The van der Waals surface area contributed by atoms with Crippen molar-refractivity contribution in [3.8, 4) is 0 Å². The summed E-state index contributed by atoms with van der Waals surface area (Å²) in [6.45, 7) is 5.03. The Morgan fingerprint density at radius 3 is 3.00 bits per heavy atom. The topological polar surface area (TPSA) is 58.1 Å². The van der Waals surface area contributed by atoms with Crippen LogP contribution >= 0.6 is 0 Å². The molecule has 1 N–H and O–H groups in total. The lowest BCUT2D eigenvalue weighted by Crippen LogP contribution is -2.31. The highest BCUT2D eigenvalue weighted by Crippen LogP contribution is 2.18. The standard InChI is InChI=1S/C13H19FN4O/c1-3-10-12(14)13(16-8-15-10)17-9-5-6-18(7-9)11(19)4-2/h8-9H,3-7H2,1-2H3,(H,15,16,17). The van der Waals surface area contributed by atoms with E-state index >= 15 is 0 Å². The summed E-state index contributed by atoms with van der Waals surface area (Å²) in [6, 6.07) is 0.0598. The van der Waals surface area contributed by atoms with Crippen LogP contribution in [0.25, 0.3) is 0 Å². The third-order valence-corrected chi connectivity index (χ3v) is 3.38. The highest BCUT2D eigenvalue weighted by molar-refractivity contribution is 5.76. The number of nitrogens with one attached hydrogen (secondary N) is 1. The molecule has 104 valence electrons. The van der Waals surface area contributed by atoms with E-state index in [4.69, 9.17) is 0 Å². The molecule has 1 aliphatic rings. The number of anilines is 1. The lowest BCUT2D eigenvalue weighted by Gasteiger charge is -2.17. The van der Waals surface area contributed by atoms with Gasteiger partial charge < -0.3 is 10.2 Å². The molecule has 1 amide bonds. The third kappa shape index (κ3) is 3.00. The SMILES string of the molecule is CCC(=O)N1CCC(Nc2ncnc(CC)c2F)C1. The average molecular weight is 266 g/mol. The summed E-state index contributed by atoms with van der Waals surface area (Å²) >= 11 is 0. The molecule has 0 aliphatic carbocycles. The number of aryl methyl sites for hydroxylation is 1. The number of rotatable bonds is 4. The molecule has 19 heavy (non-hydrogen) atoms. The number of likely N-dealkylation sites (tertiary alicyclic amines) is 1. The molecule has 2 heterocycles. The lowest BCUT2D eigenvalue weighted by molar-refractivity contribution is -0.129. The summed E-state index contributed by atoms with van der Waals surface area (Å²) in [4.78, 5) is 21.2. The molecule has 0 aromatic carbocycles. The Kier molecular flexibility index (Phi) is 4.29.